The fourth-order valence-corrected chi connectivity index (χ4v) is 3.34. The molecule has 0 saturated heterocycles. The number of hydrogen-bond donors (Lipinski definition) is 2. The molecule has 1 aromatic heterocycles. The molecule has 0 bridgehead atoms. The van der Waals surface area contributed by atoms with E-state index in [1.165, 1.54) is 0 Å². The highest BCUT2D eigenvalue weighted by Gasteiger charge is 2.14. The third-order valence-electron chi connectivity index (χ3n) is 4.51. The van der Waals surface area contributed by atoms with Crippen LogP contribution in [-0.4, -0.2) is 22.1 Å². The zero-order valence-electron chi connectivity index (χ0n) is 16.9. The number of amides is 1. The van der Waals surface area contributed by atoms with Crippen LogP contribution in [0, 0.1) is 4.77 Å². The van der Waals surface area contributed by atoms with Crippen molar-refractivity contribution in [3.05, 3.63) is 95.5 Å². The van der Waals surface area contributed by atoms with E-state index in [9.17, 15) is 4.79 Å². The number of benzene rings is 3. The number of anilines is 1. The third-order valence-corrected chi connectivity index (χ3v) is 4.81. The van der Waals surface area contributed by atoms with Crippen molar-refractivity contribution in [2.45, 2.75) is 6.92 Å². The number of carbonyl (C=O) groups is 1. The van der Waals surface area contributed by atoms with Crippen molar-refractivity contribution in [3.8, 4) is 22.9 Å². The number of nitrogens with zero attached hydrogens (tertiary/aromatic N) is 1. The fraction of sp³-hybridized carbons (Fsp3) is 0.0833. The standard InChI is InChI=1S/C24H21N3O3S/c1-2-29-19-12-14-21(15-13-19)30-20-10-8-17(9-11-20)26-23(28)22-16-25-24(31)27(22)18-6-4-3-5-7-18/h3-16H,2H2,1H3,(H,25,31)(H,26,28). The minimum atomic E-state index is -0.267. The molecule has 156 valence electrons. The lowest BCUT2D eigenvalue weighted by atomic mass is 10.2. The Morgan fingerprint density at radius 2 is 1.55 bits per heavy atom. The minimum Gasteiger partial charge on any atom is -0.494 e. The molecule has 0 atom stereocenters. The maximum atomic E-state index is 12.8. The van der Waals surface area contributed by atoms with Crippen LogP contribution in [0.2, 0.25) is 0 Å². The summed E-state index contributed by atoms with van der Waals surface area (Å²) in [6.45, 7) is 2.56. The van der Waals surface area contributed by atoms with Crippen LogP contribution in [0.1, 0.15) is 17.4 Å². The van der Waals surface area contributed by atoms with E-state index in [0.29, 0.717) is 34.3 Å². The molecule has 4 rings (SSSR count). The first kappa shape index (κ1) is 20.4. The largest absolute Gasteiger partial charge is 0.494 e. The molecule has 1 heterocycles. The van der Waals surface area contributed by atoms with Gasteiger partial charge >= 0.3 is 0 Å². The van der Waals surface area contributed by atoms with Crippen molar-refractivity contribution in [1.82, 2.24) is 9.55 Å². The van der Waals surface area contributed by atoms with Gasteiger partial charge in [-0.3, -0.25) is 9.36 Å². The average Bonchev–Trinajstić information content (AvgIpc) is 3.19. The number of H-pyrrole nitrogens is 1. The molecule has 0 fully saturated rings. The van der Waals surface area contributed by atoms with E-state index in [0.717, 1.165) is 11.4 Å². The Kier molecular flexibility index (Phi) is 6.14. The number of rotatable bonds is 7. The first-order valence-electron chi connectivity index (χ1n) is 9.82. The highest BCUT2D eigenvalue weighted by Crippen LogP contribution is 2.25. The first-order valence-corrected chi connectivity index (χ1v) is 10.2. The van der Waals surface area contributed by atoms with Crippen LogP contribution in [0.15, 0.2) is 85.1 Å². The van der Waals surface area contributed by atoms with Crippen molar-refractivity contribution in [1.29, 1.82) is 0 Å². The van der Waals surface area contributed by atoms with Gasteiger partial charge in [0, 0.05) is 17.6 Å². The molecular formula is C24H21N3O3S. The molecular weight excluding hydrogens is 410 g/mol. The highest BCUT2D eigenvalue weighted by molar-refractivity contribution is 7.71. The van der Waals surface area contributed by atoms with Gasteiger partial charge in [-0.1, -0.05) is 18.2 Å². The Labute approximate surface area is 185 Å². The van der Waals surface area contributed by atoms with Crippen LogP contribution in [-0.2, 0) is 0 Å². The van der Waals surface area contributed by atoms with Gasteiger partial charge < -0.3 is 19.8 Å². The van der Waals surface area contributed by atoms with Crippen LogP contribution < -0.4 is 14.8 Å². The van der Waals surface area contributed by atoms with Crippen LogP contribution in [0.5, 0.6) is 17.2 Å². The summed E-state index contributed by atoms with van der Waals surface area (Å²) >= 11 is 5.34. The molecule has 2 N–H and O–H groups in total. The number of imidazole rings is 1. The predicted octanol–water partition coefficient (Wildman–Crippen LogP) is 5.98. The van der Waals surface area contributed by atoms with Gasteiger partial charge in [0.25, 0.3) is 5.91 Å². The summed E-state index contributed by atoms with van der Waals surface area (Å²) in [4.78, 5) is 15.8. The lowest BCUT2D eigenvalue weighted by Crippen LogP contribution is -2.16. The molecule has 0 aliphatic heterocycles. The normalized spacial score (nSPS) is 10.5. The quantitative estimate of drug-likeness (QED) is 0.353. The Hall–Kier alpha value is -3.84. The van der Waals surface area contributed by atoms with Crippen molar-refractivity contribution in [3.63, 3.8) is 0 Å². The van der Waals surface area contributed by atoms with Crippen LogP contribution >= 0.6 is 12.2 Å². The number of aromatic nitrogens is 2. The number of nitrogens with one attached hydrogen (secondary N) is 2. The maximum Gasteiger partial charge on any atom is 0.274 e. The second-order valence-corrected chi connectivity index (χ2v) is 7.02. The fourth-order valence-electron chi connectivity index (χ4n) is 3.08. The molecule has 0 unspecified atom stereocenters. The number of ether oxygens (including phenoxy) is 2. The second-order valence-electron chi connectivity index (χ2n) is 6.64. The van der Waals surface area contributed by atoms with Gasteiger partial charge in [0.2, 0.25) is 0 Å². The molecule has 1 amide bonds. The summed E-state index contributed by atoms with van der Waals surface area (Å²) in [6, 6.07) is 24.1. The topological polar surface area (TPSA) is 68.3 Å². The second kappa shape index (κ2) is 9.32. The molecule has 31 heavy (non-hydrogen) atoms. The Morgan fingerprint density at radius 3 is 2.19 bits per heavy atom. The summed E-state index contributed by atoms with van der Waals surface area (Å²) in [7, 11) is 0. The molecule has 0 spiro atoms. The van der Waals surface area contributed by atoms with Crippen molar-refractivity contribution >= 4 is 23.8 Å². The summed E-state index contributed by atoms with van der Waals surface area (Å²) < 4.78 is 13.4. The van der Waals surface area contributed by atoms with E-state index in [-0.39, 0.29) is 5.91 Å². The summed E-state index contributed by atoms with van der Waals surface area (Å²) in [6.07, 6.45) is 1.61. The van der Waals surface area contributed by atoms with Crippen molar-refractivity contribution in [2.75, 3.05) is 11.9 Å². The molecule has 3 aromatic carbocycles. The first-order chi connectivity index (χ1) is 15.1. The third kappa shape index (κ3) is 4.84. The molecule has 0 aliphatic carbocycles. The van der Waals surface area contributed by atoms with E-state index < -0.39 is 0 Å². The predicted molar refractivity (Wildman–Crippen MR) is 123 cm³/mol. The number of carbonyl (C=O) groups excluding carboxylic acids is 1. The van der Waals surface area contributed by atoms with Crippen LogP contribution in [0.4, 0.5) is 5.69 Å². The Bertz CT molecular complexity index is 1210. The zero-order valence-corrected chi connectivity index (χ0v) is 17.7. The van der Waals surface area contributed by atoms with Gasteiger partial charge in [-0.05, 0) is 79.8 Å². The van der Waals surface area contributed by atoms with Gasteiger partial charge in [-0.2, -0.15) is 0 Å². The SMILES string of the molecule is CCOc1ccc(Oc2ccc(NC(=O)c3c[nH]c(=S)n3-c3ccccc3)cc2)cc1. The van der Waals surface area contributed by atoms with Gasteiger partial charge in [-0.15, -0.1) is 0 Å². The lowest BCUT2D eigenvalue weighted by Gasteiger charge is -2.10. The zero-order chi connectivity index (χ0) is 21.6. The number of hydrogen-bond acceptors (Lipinski definition) is 4. The minimum absolute atomic E-state index is 0.267. The van der Waals surface area contributed by atoms with E-state index in [4.69, 9.17) is 21.7 Å². The van der Waals surface area contributed by atoms with Gasteiger partial charge in [-0.25, -0.2) is 0 Å². The lowest BCUT2D eigenvalue weighted by molar-refractivity contribution is 0.102. The average molecular weight is 432 g/mol. The Morgan fingerprint density at radius 1 is 0.935 bits per heavy atom. The maximum absolute atomic E-state index is 12.8. The van der Waals surface area contributed by atoms with Gasteiger partial charge in [0.05, 0.1) is 6.61 Å². The summed E-state index contributed by atoms with van der Waals surface area (Å²) in [5.41, 5.74) is 1.89. The van der Waals surface area contributed by atoms with Crippen molar-refractivity contribution < 1.29 is 14.3 Å². The Balaban J connectivity index is 1.45. The monoisotopic (exact) mass is 431 g/mol. The molecule has 7 heteroatoms. The summed E-state index contributed by atoms with van der Waals surface area (Å²) in [5, 5.41) is 2.90. The van der Waals surface area contributed by atoms with E-state index in [1.807, 2.05) is 61.5 Å². The van der Waals surface area contributed by atoms with Gasteiger partial charge in [0.1, 0.15) is 22.9 Å². The molecule has 0 aliphatic rings. The molecule has 6 nitrogen and oxygen atoms in total. The van der Waals surface area contributed by atoms with E-state index in [2.05, 4.69) is 10.3 Å². The summed E-state index contributed by atoms with van der Waals surface area (Å²) in [5.74, 6) is 1.90. The van der Waals surface area contributed by atoms with Crippen LogP contribution in [0.3, 0.4) is 0 Å². The smallest absolute Gasteiger partial charge is 0.274 e. The van der Waals surface area contributed by atoms with Gasteiger partial charge in [0.15, 0.2) is 4.77 Å². The number of para-hydroxylation sites is 1. The van der Waals surface area contributed by atoms with E-state index >= 15 is 0 Å². The van der Waals surface area contributed by atoms with Crippen molar-refractivity contribution in [2.24, 2.45) is 0 Å². The van der Waals surface area contributed by atoms with Crippen LogP contribution in [0.25, 0.3) is 5.69 Å². The molecule has 0 saturated carbocycles. The molecule has 4 aromatic rings. The highest BCUT2D eigenvalue weighted by atomic mass is 32.1. The van der Waals surface area contributed by atoms with E-state index in [1.54, 1.807) is 35.0 Å². The number of aromatic amines is 1. The molecule has 0 radical (unpaired) electrons.